The molecule has 0 saturated carbocycles. The maximum Gasteiger partial charge on any atom is 0.250 e. The second-order valence-electron chi connectivity index (χ2n) is 4.26. The molecule has 1 aromatic carbocycles. The molecule has 0 amide bonds. The van der Waals surface area contributed by atoms with Gasteiger partial charge in [-0.3, -0.25) is 0 Å². The molecule has 0 saturated heterocycles. The number of sulfonamides is 1. The van der Waals surface area contributed by atoms with E-state index in [0.717, 1.165) is 22.6 Å². The smallest absolute Gasteiger partial charge is 0.250 e. The molecule has 1 heterocycles. The number of nitrogens with one attached hydrogen (secondary N) is 1. The minimum absolute atomic E-state index is 0.202. The van der Waals surface area contributed by atoms with E-state index in [1.807, 2.05) is 31.2 Å². The third-order valence-corrected chi connectivity index (χ3v) is 5.43. The standard InChI is InChI=1S/C13H16N2O3S2/c1-10-3-2-4-12(7-10)18-6-5-15-20(16,17)13-8-11(14)9-19-13/h2-4,7-9,15H,5-6,14H2,1H3. The van der Waals surface area contributed by atoms with E-state index in [1.165, 1.54) is 6.07 Å². The van der Waals surface area contributed by atoms with Crippen molar-refractivity contribution in [2.45, 2.75) is 11.1 Å². The Balaban J connectivity index is 1.84. The van der Waals surface area contributed by atoms with Crippen LogP contribution in [0.4, 0.5) is 5.69 Å². The Morgan fingerprint density at radius 3 is 2.80 bits per heavy atom. The topological polar surface area (TPSA) is 81.4 Å². The van der Waals surface area contributed by atoms with Crippen LogP contribution in [0.3, 0.4) is 0 Å². The highest BCUT2D eigenvalue weighted by molar-refractivity contribution is 7.91. The molecular formula is C13H16N2O3S2. The highest BCUT2D eigenvalue weighted by Gasteiger charge is 2.15. The molecule has 0 aliphatic rings. The Morgan fingerprint density at radius 2 is 2.15 bits per heavy atom. The van der Waals surface area contributed by atoms with Crippen LogP contribution in [0.2, 0.25) is 0 Å². The number of anilines is 1. The van der Waals surface area contributed by atoms with Gasteiger partial charge in [-0.25, -0.2) is 13.1 Å². The van der Waals surface area contributed by atoms with Crippen LogP contribution >= 0.6 is 11.3 Å². The summed E-state index contributed by atoms with van der Waals surface area (Å²) in [5, 5.41) is 1.60. The van der Waals surface area contributed by atoms with E-state index >= 15 is 0 Å². The van der Waals surface area contributed by atoms with E-state index in [2.05, 4.69) is 4.72 Å². The number of hydrogen-bond acceptors (Lipinski definition) is 5. The van der Waals surface area contributed by atoms with E-state index in [0.29, 0.717) is 5.69 Å². The van der Waals surface area contributed by atoms with Crippen LogP contribution in [-0.4, -0.2) is 21.6 Å². The van der Waals surface area contributed by atoms with Crippen LogP contribution in [0.1, 0.15) is 5.56 Å². The first-order chi connectivity index (χ1) is 9.47. The molecule has 0 radical (unpaired) electrons. The van der Waals surface area contributed by atoms with Gasteiger partial charge in [-0.1, -0.05) is 12.1 Å². The summed E-state index contributed by atoms with van der Waals surface area (Å²) in [5.41, 5.74) is 7.06. The number of rotatable bonds is 6. The summed E-state index contributed by atoms with van der Waals surface area (Å²) in [6.07, 6.45) is 0. The van der Waals surface area contributed by atoms with Gasteiger partial charge in [0, 0.05) is 17.6 Å². The Kier molecular flexibility index (Phi) is 4.64. The number of ether oxygens (including phenoxy) is 1. The molecule has 0 atom stereocenters. The van der Waals surface area contributed by atoms with Gasteiger partial charge in [-0.2, -0.15) is 0 Å². The zero-order valence-electron chi connectivity index (χ0n) is 11.0. The van der Waals surface area contributed by atoms with Gasteiger partial charge in [0.1, 0.15) is 16.6 Å². The van der Waals surface area contributed by atoms with Crippen molar-refractivity contribution in [3.63, 3.8) is 0 Å². The van der Waals surface area contributed by atoms with Gasteiger partial charge in [0.05, 0.1) is 0 Å². The van der Waals surface area contributed by atoms with E-state index in [1.54, 1.807) is 5.38 Å². The molecule has 1 aromatic heterocycles. The minimum atomic E-state index is -3.49. The lowest BCUT2D eigenvalue weighted by molar-refractivity contribution is 0.322. The molecule has 0 aliphatic heterocycles. The Morgan fingerprint density at radius 1 is 1.35 bits per heavy atom. The molecule has 0 aliphatic carbocycles. The highest BCUT2D eigenvalue weighted by atomic mass is 32.2. The third-order valence-electron chi connectivity index (χ3n) is 2.51. The van der Waals surface area contributed by atoms with Crippen molar-refractivity contribution in [2.24, 2.45) is 0 Å². The van der Waals surface area contributed by atoms with Crippen LogP contribution in [0, 0.1) is 6.92 Å². The number of nitrogen functional groups attached to an aromatic ring is 1. The van der Waals surface area contributed by atoms with Gasteiger partial charge >= 0.3 is 0 Å². The van der Waals surface area contributed by atoms with Gasteiger partial charge in [0.2, 0.25) is 10.0 Å². The van der Waals surface area contributed by atoms with Crippen molar-refractivity contribution in [1.82, 2.24) is 4.72 Å². The fourth-order valence-corrected chi connectivity index (χ4v) is 3.73. The molecule has 0 spiro atoms. The number of benzene rings is 1. The Hall–Kier alpha value is -1.57. The number of thiophene rings is 1. The summed E-state index contributed by atoms with van der Waals surface area (Å²) < 4.78 is 32.0. The predicted molar refractivity (Wildman–Crippen MR) is 80.6 cm³/mol. The van der Waals surface area contributed by atoms with Crippen LogP contribution in [0.15, 0.2) is 39.9 Å². The minimum Gasteiger partial charge on any atom is -0.492 e. The van der Waals surface area contributed by atoms with Gasteiger partial charge in [-0.05, 0) is 30.7 Å². The highest BCUT2D eigenvalue weighted by Crippen LogP contribution is 2.21. The molecule has 0 bridgehead atoms. The molecule has 5 nitrogen and oxygen atoms in total. The molecule has 108 valence electrons. The monoisotopic (exact) mass is 312 g/mol. The van der Waals surface area contributed by atoms with Gasteiger partial charge in [0.15, 0.2) is 0 Å². The van der Waals surface area contributed by atoms with Gasteiger partial charge in [0.25, 0.3) is 0 Å². The second-order valence-corrected chi connectivity index (χ2v) is 7.17. The fourth-order valence-electron chi connectivity index (χ4n) is 1.59. The maximum atomic E-state index is 11.9. The van der Waals surface area contributed by atoms with E-state index in [9.17, 15) is 8.42 Å². The number of aryl methyl sites for hydroxylation is 1. The maximum absolute atomic E-state index is 11.9. The van der Waals surface area contributed by atoms with Gasteiger partial charge in [-0.15, -0.1) is 11.3 Å². The van der Waals surface area contributed by atoms with E-state index in [-0.39, 0.29) is 17.4 Å². The van der Waals surface area contributed by atoms with E-state index < -0.39 is 10.0 Å². The predicted octanol–water partition coefficient (Wildman–Crippen LogP) is 2.00. The van der Waals surface area contributed by atoms with Crippen LogP contribution < -0.4 is 15.2 Å². The molecule has 7 heteroatoms. The van der Waals surface area contributed by atoms with Crippen molar-refractivity contribution in [3.8, 4) is 5.75 Å². The molecule has 2 rings (SSSR count). The second kappa shape index (κ2) is 6.25. The van der Waals surface area contributed by atoms with Crippen LogP contribution in [0.25, 0.3) is 0 Å². The van der Waals surface area contributed by atoms with Crippen LogP contribution in [-0.2, 0) is 10.0 Å². The molecule has 0 unspecified atom stereocenters. The zero-order valence-corrected chi connectivity index (χ0v) is 12.6. The lowest BCUT2D eigenvalue weighted by Gasteiger charge is -2.08. The molecule has 3 N–H and O–H groups in total. The van der Waals surface area contributed by atoms with Crippen LogP contribution in [0.5, 0.6) is 5.75 Å². The summed E-state index contributed by atoms with van der Waals surface area (Å²) in [6.45, 7) is 2.44. The average molecular weight is 312 g/mol. The summed E-state index contributed by atoms with van der Waals surface area (Å²) in [5.74, 6) is 0.726. The van der Waals surface area contributed by atoms with E-state index in [4.69, 9.17) is 10.5 Å². The van der Waals surface area contributed by atoms with Crippen molar-refractivity contribution in [1.29, 1.82) is 0 Å². The first-order valence-electron chi connectivity index (χ1n) is 6.00. The quantitative estimate of drug-likeness (QED) is 0.799. The van der Waals surface area contributed by atoms with Crippen molar-refractivity contribution >= 4 is 27.0 Å². The third kappa shape index (κ3) is 3.96. The largest absolute Gasteiger partial charge is 0.492 e. The fraction of sp³-hybridized carbons (Fsp3) is 0.231. The Labute approximate surface area is 122 Å². The molecular weight excluding hydrogens is 296 g/mol. The van der Waals surface area contributed by atoms with Crippen molar-refractivity contribution < 1.29 is 13.2 Å². The first kappa shape index (κ1) is 14.8. The van der Waals surface area contributed by atoms with Gasteiger partial charge < -0.3 is 10.5 Å². The van der Waals surface area contributed by atoms with Crippen molar-refractivity contribution in [3.05, 3.63) is 41.3 Å². The number of hydrogen-bond donors (Lipinski definition) is 2. The summed E-state index contributed by atoms with van der Waals surface area (Å²) >= 11 is 1.10. The lowest BCUT2D eigenvalue weighted by atomic mass is 10.2. The Bertz CT molecular complexity index is 680. The van der Waals surface area contributed by atoms with Crippen molar-refractivity contribution in [2.75, 3.05) is 18.9 Å². The molecule has 20 heavy (non-hydrogen) atoms. The lowest BCUT2D eigenvalue weighted by Crippen LogP contribution is -2.27. The molecule has 2 aromatic rings. The zero-order chi connectivity index (χ0) is 14.6. The number of nitrogens with two attached hydrogens (primary N) is 1. The normalized spacial score (nSPS) is 11.4. The summed E-state index contributed by atoms with van der Waals surface area (Å²) in [7, 11) is -3.49. The summed E-state index contributed by atoms with van der Waals surface area (Å²) in [6, 6.07) is 9.03. The average Bonchev–Trinajstić information content (AvgIpc) is 2.82. The SMILES string of the molecule is Cc1cccc(OCCNS(=O)(=O)c2cc(N)cs2)c1. The molecule has 0 fully saturated rings. The first-order valence-corrected chi connectivity index (χ1v) is 8.37. The summed E-state index contributed by atoms with van der Waals surface area (Å²) in [4.78, 5) is 0.